The molecule has 0 unspecified atom stereocenters. The summed E-state index contributed by atoms with van der Waals surface area (Å²) in [5.41, 5.74) is -0.181. The number of halogens is 3. The predicted molar refractivity (Wildman–Crippen MR) is 64.3 cm³/mol. The van der Waals surface area contributed by atoms with Crippen LogP contribution in [0.2, 0.25) is 0 Å². The van der Waals surface area contributed by atoms with Gasteiger partial charge in [-0.05, 0) is 30.9 Å². The average molecular weight is 258 g/mol. The zero-order chi connectivity index (χ0) is 13.0. The van der Waals surface area contributed by atoms with Crippen molar-refractivity contribution in [2.24, 2.45) is 5.92 Å². The van der Waals surface area contributed by atoms with E-state index in [1.54, 1.807) is 0 Å². The van der Waals surface area contributed by atoms with Crippen molar-refractivity contribution < 1.29 is 13.2 Å². The molecule has 0 radical (unpaired) electrons. The van der Waals surface area contributed by atoms with E-state index in [4.69, 9.17) is 0 Å². The third kappa shape index (κ3) is 3.62. The van der Waals surface area contributed by atoms with E-state index in [0.29, 0.717) is 11.6 Å². The van der Waals surface area contributed by atoms with Crippen LogP contribution in [0.15, 0.2) is 18.3 Å². The monoisotopic (exact) mass is 258 g/mol. The number of alkyl halides is 3. The molecule has 0 bridgehead atoms. The lowest BCUT2D eigenvalue weighted by atomic mass is 9.89. The summed E-state index contributed by atoms with van der Waals surface area (Å²) in [5, 5.41) is 3.16. The highest BCUT2D eigenvalue weighted by Gasteiger charge is 2.32. The molecule has 0 atom stereocenters. The van der Waals surface area contributed by atoms with Crippen LogP contribution < -0.4 is 5.32 Å². The van der Waals surface area contributed by atoms with Crippen molar-refractivity contribution in [2.45, 2.75) is 38.3 Å². The number of nitrogens with one attached hydrogen (secondary N) is 1. The summed E-state index contributed by atoms with van der Waals surface area (Å²) in [5.74, 6) is 0.640. The topological polar surface area (TPSA) is 24.9 Å². The Morgan fingerprint density at radius 3 is 2.44 bits per heavy atom. The molecule has 1 N–H and O–H groups in total. The van der Waals surface area contributed by atoms with E-state index < -0.39 is 11.9 Å². The molecule has 18 heavy (non-hydrogen) atoms. The van der Waals surface area contributed by atoms with Gasteiger partial charge in [0, 0.05) is 6.54 Å². The molecule has 0 spiro atoms. The van der Waals surface area contributed by atoms with Gasteiger partial charge in [0.2, 0.25) is 0 Å². The van der Waals surface area contributed by atoms with Crippen LogP contribution in [0.5, 0.6) is 0 Å². The fourth-order valence-corrected chi connectivity index (χ4v) is 2.32. The molecule has 0 saturated heterocycles. The highest BCUT2D eigenvalue weighted by Crippen LogP contribution is 2.28. The van der Waals surface area contributed by atoms with Crippen LogP contribution in [0.4, 0.5) is 18.9 Å². The third-order valence-electron chi connectivity index (χ3n) is 3.37. The number of hydrogen-bond donors (Lipinski definition) is 1. The first kappa shape index (κ1) is 13.2. The molecule has 1 saturated carbocycles. The maximum absolute atomic E-state index is 12.3. The second-order valence-electron chi connectivity index (χ2n) is 4.81. The van der Waals surface area contributed by atoms with E-state index in [1.165, 1.54) is 44.4 Å². The first-order valence-electron chi connectivity index (χ1n) is 6.33. The molecule has 1 fully saturated rings. The minimum absolute atomic E-state index is 0.640. The quantitative estimate of drug-likeness (QED) is 0.883. The Morgan fingerprint density at radius 2 is 1.89 bits per heavy atom. The molecular weight excluding hydrogens is 241 g/mol. The number of hydrogen-bond acceptors (Lipinski definition) is 2. The van der Waals surface area contributed by atoms with Gasteiger partial charge in [-0.25, -0.2) is 4.98 Å². The fraction of sp³-hybridized carbons (Fsp3) is 0.615. The van der Waals surface area contributed by atoms with Crippen LogP contribution in [0.3, 0.4) is 0 Å². The van der Waals surface area contributed by atoms with E-state index in [2.05, 4.69) is 10.3 Å². The summed E-state index contributed by atoms with van der Waals surface area (Å²) in [6.07, 6.45) is 3.14. The summed E-state index contributed by atoms with van der Waals surface area (Å²) >= 11 is 0. The largest absolute Gasteiger partial charge is 0.433 e. The lowest BCUT2D eigenvalue weighted by Gasteiger charge is -2.22. The Bertz CT molecular complexity index is 367. The van der Waals surface area contributed by atoms with Crippen molar-refractivity contribution in [1.82, 2.24) is 4.98 Å². The number of anilines is 1. The molecule has 100 valence electrons. The molecular formula is C13H17F3N2. The van der Waals surface area contributed by atoms with Gasteiger partial charge < -0.3 is 5.32 Å². The van der Waals surface area contributed by atoms with Crippen LogP contribution >= 0.6 is 0 Å². The number of nitrogens with zero attached hydrogens (tertiary/aromatic N) is 1. The van der Waals surface area contributed by atoms with E-state index in [1.807, 2.05) is 0 Å². The molecule has 5 heteroatoms. The summed E-state index contributed by atoms with van der Waals surface area (Å²) in [7, 11) is 0. The molecule has 0 aliphatic heterocycles. The number of aromatic nitrogens is 1. The maximum Gasteiger partial charge on any atom is 0.433 e. The van der Waals surface area contributed by atoms with Crippen LogP contribution in [0.1, 0.15) is 37.8 Å². The molecule has 1 aromatic heterocycles. The summed E-state index contributed by atoms with van der Waals surface area (Å²) in [6.45, 7) is 0.826. The first-order valence-corrected chi connectivity index (χ1v) is 6.33. The van der Waals surface area contributed by atoms with Crippen molar-refractivity contribution in [3.8, 4) is 0 Å². The standard InChI is InChI=1S/C13H17F3N2/c14-13(15,16)12-7-6-11(9-18-12)17-8-10-4-2-1-3-5-10/h6-7,9-10,17H,1-5,8H2. The number of pyridine rings is 1. The molecule has 0 amide bonds. The van der Waals surface area contributed by atoms with E-state index >= 15 is 0 Å². The lowest BCUT2D eigenvalue weighted by molar-refractivity contribution is -0.141. The van der Waals surface area contributed by atoms with Gasteiger partial charge in [-0.3, -0.25) is 0 Å². The minimum atomic E-state index is -4.36. The van der Waals surface area contributed by atoms with Gasteiger partial charge in [-0.2, -0.15) is 13.2 Å². The summed E-state index contributed by atoms with van der Waals surface area (Å²) in [6, 6.07) is 2.46. The van der Waals surface area contributed by atoms with Crippen molar-refractivity contribution in [1.29, 1.82) is 0 Å². The Hall–Kier alpha value is -1.26. The smallest absolute Gasteiger partial charge is 0.384 e. The van der Waals surface area contributed by atoms with E-state index in [-0.39, 0.29) is 0 Å². The lowest BCUT2D eigenvalue weighted by Crippen LogP contribution is -2.17. The fourth-order valence-electron chi connectivity index (χ4n) is 2.32. The molecule has 1 heterocycles. The maximum atomic E-state index is 12.3. The number of rotatable bonds is 3. The molecule has 2 rings (SSSR count). The Morgan fingerprint density at radius 1 is 1.17 bits per heavy atom. The Labute approximate surface area is 105 Å². The molecule has 1 aromatic rings. The van der Waals surface area contributed by atoms with Gasteiger partial charge in [0.05, 0.1) is 11.9 Å². The van der Waals surface area contributed by atoms with Gasteiger partial charge in [0.15, 0.2) is 0 Å². The van der Waals surface area contributed by atoms with Crippen molar-refractivity contribution in [3.05, 3.63) is 24.0 Å². The second kappa shape index (κ2) is 5.59. The zero-order valence-electron chi connectivity index (χ0n) is 10.1. The van der Waals surface area contributed by atoms with Crippen LogP contribution in [-0.2, 0) is 6.18 Å². The van der Waals surface area contributed by atoms with Crippen LogP contribution in [-0.4, -0.2) is 11.5 Å². The SMILES string of the molecule is FC(F)(F)c1ccc(NCC2CCCCC2)cn1. The van der Waals surface area contributed by atoms with Gasteiger partial charge in [0.25, 0.3) is 0 Å². The molecule has 1 aliphatic rings. The van der Waals surface area contributed by atoms with Gasteiger partial charge in [-0.15, -0.1) is 0 Å². The molecule has 1 aliphatic carbocycles. The van der Waals surface area contributed by atoms with Crippen molar-refractivity contribution in [2.75, 3.05) is 11.9 Å². The van der Waals surface area contributed by atoms with E-state index in [0.717, 1.165) is 12.6 Å². The van der Waals surface area contributed by atoms with Gasteiger partial charge in [-0.1, -0.05) is 19.3 Å². The molecule has 0 aromatic carbocycles. The third-order valence-corrected chi connectivity index (χ3v) is 3.37. The normalized spacial score (nSPS) is 17.7. The summed E-state index contributed by atoms with van der Waals surface area (Å²) < 4.78 is 36.9. The van der Waals surface area contributed by atoms with Crippen LogP contribution in [0, 0.1) is 5.92 Å². The minimum Gasteiger partial charge on any atom is -0.384 e. The van der Waals surface area contributed by atoms with Gasteiger partial charge >= 0.3 is 6.18 Å². The second-order valence-corrected chi connectivity index (χ2v) is 4.81. The highest BCUT2D eigenvalue weighted by molar-refractivity contribution is 5.41. The van der Waals surface area contributed by atoms with Crippen LogP contribution in [0.25, 0.3) is 0 Å². The van der Waals surface area contributed by atoms with Crippen molar-refractivity contribution in [3.63, 3.8) is 0 Å². The predicted octanol–water partition coefficient (Wildman–Crippen LogP) is 4.09. The Balaban J connectivity index is 1.86. The zero-order valence-corrected chi connectivity index (χ0v) is 10.1. The summed E-state index contributed by atoms with van der Waals surface area (Å²) in [4.78, 5) is 3.43. The average Bonchev–Trinajstić information content (AvgIpc) is 2.37. The van der Waals surface area contributed by atoms with E-state index in [9.17, 15) is 13.2 Å². The van der Waals surface area contributed by atoms with Crippen molar-refractivity contribution >= 4 is 5.69 Å². The van der Waals surface area contributed by atoms with Gasteiger partial charge in [0.1, 0.15) is 5.69 Å². The Kier molecular flexibility index (Phi) is 4.09. The highest BCUT2D eigenvalue weighted by atomic mass is 19.4. The molecule has 2 nitrogen and oxygen atoms in total. The first-order chi connectivity index (χ1) is 8.55.